The molecule has 0 amide bonds. The molecule has 1 aromatic rings. The van der Waals surface area contributed by atoms with Gasteiger partial charge in [0.2, 0.25) is 0 Å². The summed E-state index contributed by atoms with van der Waals surface area (Å²) >= 11 is 0. The number of nitrogens with one attached hydrogen (secondary N) is 1. The summed E-state index contributed by atoms with van der Waals surface area (Å²) < 4.78 is 5.85. The number of rotatable bonds is 11. The Labute approximate surface area is 118 Å². The number of para-hydroxylation sites is 1. The molecule has 0 bridgehead atoms. The monoisotopic (exact) mass is 263 g/mol. The highest BCUT2D eigenvalue weighted by molar-refractivity contribution is 5.33. The maximum absolute atomic E-state index is 5.85. The van der Waals surface area contributed by atoms with Crippen LogP contribution in [0.1, 0.15) is 51.5 Å². The van der Waals surface area contributed by atoms with Crippen LogP contribution < -0.4 is 10.1 Å². The molecule has 2 nitrogen and oxygen atoms in total. The van der Waals surface area contributed by atoms with Gasteiger partial charge in [0.05, 0.1) is 6.61 Å². The van der Waals surface area contributed by atoms with E-state index < -0.39 is 0 Å². The first-order valence-electron chi connectivity index (χ1n) is 7.80. The fraction of sp³-hybridized carbons (Fsp3) is 0.647. The normalized spacial score (nSPS) is 10.6. The van der Waals surface area contributed by atoms with Crippen LogP contribution in [0.4, 0.5) is 0 Å². The van der Waals surface area contributed by atoms with Crippen molar-refractivity contribution in [2.45, 2.75) is 52.4 Å². The molecule has 0 saturated carbocycles. The third-order valence-electron chi connectivity index (χ3n) is 3.32. The maximum atomic E-state index is 5.85. The lowest BCUT2D eigenvalue weighted by Gasteiger charge is -2.10. The van der Waals surface area contributed by atoms with E-state index in [1.54, 1.807) is 0 Å². The van der Waals surface area contributed by atoms with E-state index in [-0.39, 0.29) is 0 Å². The topological polar surface area (TPSA) is 21.3 Å². The second kappa shape index (κ2) is 10.9. The van der Waals surface area contributed by atoms with Crippen LogP contribution in [-0.4, -0.2) is 19.7 Å². The molecule has 0 aliphatic carbocycles. The van der Waals surface area contributed by atoms with Gasteiger partial charge < -0.3 is 10.1 Å². The van der Waals surface area contributed by atoms with Crippen LogP contribution >= 0.6 is 0 Å². The zero-order valence-corrected chi connectivity index (χ0v) is 12.6. The van der Waals surface area contributed by atoms with Gasteiger partial charge in [-0.05, 0) is 56.8 Å². The van der Waals surface area contributed by atoms with Crippen molar-refractivity contribution < 1.29 is 4.74 Å². The van der Waals surface area contributed by atoms with Crippen molar-refractivity contribution in [2.75, 3.05) is 19.7 Å². The fourth-order valence-electron chi connectivity index (χ4n) is 2.07. The van der Waals surface area contributed by atoms with E-state index in [9.17, 15) is 0 Å². The van der Waals surface area contributed by atoms with Gasteiger partial charge in [-0.2, -0.15) is 0 Å². The Morgan fingerprint density at radius 2 is 1.74 bits per heavy atom. The summed E-state index contributed by atoms with van der Waals surface area (Å²) in [5, 5.41) is 3.47. The molecule has 1 N–H and O–H groups in total. The van der Waals surface area contributed by atoms with Gasteiger partial charge in [-0.3, -0.25) is 0 Å². The van der Waals surface area contributed by atoms with Gasteiger partial charge in [0.25, 0.3) is 0 Å². The van der Waals surface area contributed by atoms with E-state index in [4.69, 9.17) is 4.74 Å². The molecule has 0 fully saturated rings. The first kappa shape index (κ1) is 16.0. The number of benzene rings is 1. The summed E-state index contributed by atoms with van der Waals surface area (Å²) in [6.45, 7) is 7.55. The van der Waals surface area contributed by atoms with Crippen LogP contribution in [0.2, 0.25) is 0 Å². The molecule has 0 aliphatic heterocycles. The Balaban J connectivity index is 2.01. The zero-order valence-electron chi connectivity index (χ0n) is 12.6. The maximum Gasteiger partial charge on any atom is 0.122 e. The van der Waals surface area contributed by atoms with Crippen LogP contribution in [-0.2, 0) is 6.42 Å². The Kier molecular flexibility index (Phi) is 9.17. The number of unbranched alkanes of at least 4 members (excludes halogenated alkanes) is 3. The van der Waals surface area contributed by atoms with Crippen molar-refractivity contribution in [3.8, 4) is 5.75 Å². The largest absolute Gasteiger partial charge is 0.493 e. The highest BCUT2D eigenvalue weighted by Crippen LogP contribution is 2.18. The standard InChI is InChI=1S/C17H29NO/c1-3-5-13-18-14-9-6-10-15-19-17-12-8-7-11-16(17)4-2/h7-8,11-12,18H,3-6,9-10,13-15H2,1-2H3. The van der Waals surface area contributed by atoms with Gasteiger partial charge in [0, 0.05) is 0 Å². The molecule has 1 rings (SSSR count). The lowest BCUT2D eigenvalue weighted by Crippen LogP contribution is -2.16. The molecule has 0 unspecified atom stereocenters. The third kappa shape index (κ3) is 7.22. The van der Waals surface area contributed by atoms with Crippen molar-refractivity contribution in [2.24, 2.45) is 0 Å². The predicted molar refractivity (Wildman–Crippen MR) is 82.9 cm³/mol. The predicted octanol–water partition coefficient (Wildman–Crippen LogP) is 4.19. The van der Waals surface area contributed by atoms with E-state index in [0.717, 1.165) is 38.3 Å². The molecule has 0 heterocycles. The Hall–Kier alpha value is -1.02. The smallest absolute Gasteiger partial charge is 0.122 e. The minimum absolute atomic E-state index is 0.839. The van der Waals surface area contributed by atoms with Crippen molar-refractivity contribution in [3.63, 3.8) is 0 Å². The van der Waals surface area contributed by atoms with Crippen LogP contribution in [0.25, 0.3) is 0 Å². The highest BCUT2D eigenvalue weighted by Gasteiger charge is 1.99. The fourth-order valence-corrected chi connectivity index (χ4v) is 2.07. The summed E-state index contributed by atoms with van der Waals surface area (Å²) in [6, 6.07) is 8.35. The minimum Gasteiger partial charge on any atom is -0.493 e. The number of aryl methyl sites for hydroxylation is 1. The van der Waals surface area contributed by atoms with E-state index in [1.165, 1.54) is 31.2 Å². The average Bonchev–Trinajstić information content (AvgIpc) is 2.46. The molecule has 19 heavy (non-hydrogen) atoms. The molecule has 0 spiro atoms. The Morgan fingerprint density at radius 3 is 2.53 bits per heavy atom. The first-order valence-corrected chi connectivity index (χ1v) is 7.80. The molecule has 0 radical (unpaired) electrons. The summed E-state index contributed by atoms with van der Waals surface area (Å²) in [5.74, 6) is 1.06. The summed E-state index contributed by atoms with van der Waals surface area (Å²) in [4.78, 5) is 0. The van der Waals surface area contributed by atoms with E-state index >= 15 is 0 Å². The minimum atomic E-state index is 0.839. The zero-order chi connectivity index (χ0) is 13.8. The molecule has 2 heteroatoms. The Bertz CT molecular complexity index is 325. The van der Waals surface area contributed by atoms with Crippen LogP contribution in [0.5, 0.6) is 5.75 Å². The van der Waals surface area contributed by atoms with Crippen molar-refractivity contribution >= 4 is 0 Å². The van der Waals surface area contributed by atoms with E-state index in [2.05, 4.69) is 37.4 Å². The summed E-state index contributed by atoms with van der Waals surface area (Å²) in [5.41, 5.74) is 1.31. The second-order valence-corrected chi connectivity index (χ2v) is 4.97. The van der Waals surface area contributed by atoms with Gasteiger partial charge in [0.15, 0.2) is 0 Å². The van der Waals surface area contributed by atoms with Crippen LogP contribution in [0.3, 0.4) is 0 Å². The molecular weight excluding hydrogens is 234 g/mol. The summed E-state index contributed by atoms with van der Waals surface area (Å²) in [7, 11) is 0. The van der Waals surface area contributed by atoms with Gasteiger partial charge in [-0.1, -0.05) is 38.5 Å². The lowest BCUT2D eigenvalue weighted by atomic mass is 10.1. The quantitative estimate of drug-likeness (QED) is 0.604. The highest BCUT2D eigenvalue weighted by atomic mass is 16.5. The second-order valence-electron chi connectivity index (χ2n) is 4.97. The Morgan fingerprint density at radius 1 is 0.947 bits per heavy atom. The SMILES string of the molecule is CCCCNCCCCCOc1ccccc1CC. The van der Waals surface area contributed by atoms with Gasteiger partial charge in [-0.25, -0.2) is 0 Å². The van der Waals surface area contributed by atoms with Crippen molar-refractivity contribution in [1.82, 2.24) is 5.32 Å². The number of ether oxygens (including phenoxy) is 1. The molecular formula is C17H29NO. The number of hydrogen-bond donors (Lipinski definition) is 1. The summed E-state index contributed by atoms with van der Waals surface area (Å²) in [6.07, 6.45) is 7.25. The van der Waals surface area contributed by atoms with Crippen LogP contribution in [0.15, 0.2) is 24.3 Å². The van der Waals surface area contributed by atoms with E-state index in [0.29, 0.717) is 0 Å². The lowest BCUT2D eigenvalue weighted by molar-refractivity contribution is 0.302. The molecule has 0 aliphatic rings. The molecule has 0 atom stereocenters. The average molecular weight is 263 g/mol. The van der Waals surface area contributed by atoms with Gasteiger partial charge in [0.1, 0.15) is 5.75 Å². The third-order valence-corrected chi connectivity index (χ3v) is 3.32. The molecule has 1 aromatic carbocycles. The first-order chi connectivity index (χ1) is 9.38. The van der Waals surface area contributed by atoms with Gasteiger partial charge in [-0.15, -0.1) is 0 Å². The van der Waals surface area contributed by atoms with Crippen molar-refractivity contribution in [3.05, 3.63) is 29.8 Å². The van der Waals surface area contributed by atoms with Crippen LogP contribution in [0, 0.1) is 0 Å². The molecule has 0 saturated heterocycles. The number of hydrogen-bond acceptors (Lipinski definition) is 2. The van der Waals surface area contributed by atoms with Gasteiger partial charge >= 0.3 is 0 Å². The molecule has 0 aromatic heterocycles. The molecule has 108 valence electrons. The van der Waals surface area contributed by atoms with Crippen molar-refractivity contribution in [1.29, 1.82) is 0 Å². The van der Waals surface area contributed by atoms with E-state index in [1.807, 2.05) is 6.07 Å².